The Morgan fingerprint density at radius 2 is 1.48 bits per heavy atom. The molecule has 4 heteroatoms. The summed E-state index contributed by atoms with van der Waals surface area (Å²) in [6.45, 7) is 13.1. The maximum atomic E-state index is 6.61. The van der Waals surface area contributed by atoms with E-state index >= 15 is 0 Å². The van der Waals surface area contributed by atoms with Gasteiger partial charge in [-0.25, -0.2) is 0 Å². The van der Waals surface area contributed by atoms with Gasteiger partial charge in [-0.2, -0.15) is 0 Å². The van der Waals surface area contributed by atoms with E-state index in [1.54, 1.807) is 0 Å². The van der Waals surface area contributed by atoms with E-state index in [4.69, 9.17) is 28.2 Å². The van der Waals surface area contributed by atoms with Gasteiger partial charge in [0.05, 0.1) is 21.4 Å². The average Bonchev–Trinajstić information content (AvgIpc) is 3.19. The molecule has 27 heavy (non-hydrogen) atoms. The van der Waals surface area contributed by atoms with Gasteiger partial charge < -0.3 is 4.57 Å². The molecule has 1 aromatic heterocycles. The van der Waals surface area contributed by atoms with Crippen LogP contribution in [-0.4, -0.2) is 10.3 Å². The van der Waals surface area contributed by atoms with E-state index < -0.39 is 0 Å². The summed E-state index contributed by atoms with van der Waals surface area (Å²) in [5.74, 6) is 0. The number of allylic oxidation sites excluding steroid dienone is 2. The Hall–Kier alpha value is -1.77. The smallest absolute Gasteiger partial charge is 0.0881 e. The second-order valence-electron chi connectivity index (χ2n) is 8.92. The van der Waals surface area contributed by atoms with Gasteiger partial charge >= 0.3 is 0 Å². The van der Waals surface area contributed by atoms with Crippen LogP contribution in [0.25, 0.3) is 5.70 Å². The van der Waals surface area contributed by atoms with Crippen molar-refractivity contribution in [3.63, 3.8) is 0 Å². The molecule has 2 aromatic rings. The van der Waals surface area contributed by atoms with Gasteiger partial charge in [-0.15, -0.1) is 0 Å². The van der Waals surface area contributed by atoms with Crippen LogP contribution in [0.3, 0.4) is 0 Å². The Morgan fingerprint density at radius 1 is 0.852 bits per heavy atom. The van der Waals surface area contributed by atoms with Gasteiger partial charge in [0.25, 0.3) is 0 Å². The molecule has 0 N–H and O–H groups in total. The number of aromatic nitrogens is 1. The van der Waals surface area contributed by atoms with Gasteiger partial charge in [0.1, 0.15) is 0 Å². The van der Waals surface area contributed by atoms with Gasteiger partial charge in [0.2, 0.25) is 0 Å². The van der Waals surface area contributed by atoms with Gasteiger partial charge in [-0.05, 0) is 36.4 Å². The Kier molecular flexibility index (Phi) is 5.18. The molecular weight excluding hydrogens is 375 g/mol. The molecule has 0 unspecified atom stereocenters. The molecule has 2 heterocycles. The molecule has 1 aliphatic rings. The number of benzene rings is 1. The lowest BCUT2D eigenvalue weighted by atomic mass is 9.90. The summed E-state index contributed by atoms with van der Waals surface area (Å²) in [5, 5.41) is 1.23. The predicted octanol–water partition coefficient (Wildman–Crippen LogP) is 7.37. The summed E-state index contributed by atoms with van der Waals surface area (Å²) in [6, 6.07) is 9.80. The fourth-order valence-electron chi connectivity index (χ4n) is 3.19. The maximum absolute atomic E-state index is 6.61. The summed E-state index contributed by atoms with van der Waals surface area (Å²) < 4.78 is 2.17. The number of halogens is 2. The summed E-state index contributed by atoms with van der Waals surface area (Å²) in [5.41, 5.74) is 4.74. The summed E-state index contributed by atoms with van der Waals surface area (Å²) in [7, 11) is 0. The molecule has 0 amide bonds. The van der Waals surface area contributed by atoms with Crippen LogP contribution in [0.5, 0.6) is 0 Å². The van der Waals surface area contributed by atoms with Crippen LogP contribution < -0.4 is 0 Å². The Balaban J connectivity index is 2.35. The molecule has 0 saturated heterocycles. The van der Waals surface area contributed by atoms with E-state index in [2.05, 4.69) is 76.6 Å². The predicted molar refractivity (Wildman–Crippen MR) is 118 cm³/mol. The van der Waals surface area contributed by atoms with Gasteiger partial charge in [-0.1, -0.05) is 70.8 Å². The summed E-state index contributed by atoms with van der Waals surface area (Å²) >= 11 is 13.2. The normalized spacial score (nSPS) is 16.7. The Labute approximate surface area is 172 Å². The first kappa shape index (κ1) is 20.0. The van der Waals surface area contributed by atoms with Crippen LogP contribution in [0, 0.1) is 5.41 Å². The van der Waals surface area contributed by atoms with Crippen molar-refractivity contribution in [3.8, 4) is 0 Å². The molecule has 1 aromatic carbocycles. The average molecular weight is 401 g/mol. The molecule has 1 aliphatic heterocycles. The number of hydrogen-bond donors (Lipinski definition) is 0. The molecule has 0 atom stereocenters. The molecule has 142 valence electrons. The van der Waals surface area contributed by atoms with Crippen molar-refractivity contribution in [2.75, 3.05) is 0 Å². The van der Waals surface area contributed by atoms with Crippen molar-refractivity contribution >= 4 is 34.6 Å². The first-order valence-electron chi connectivity index (χ1n) is 9.14. The lowest BCUT2D eigenvalue weighted by Crippen LogP contribution is -2.18. The second kappa shape index (κ2) is 7.00. The molecule has 0 saturated carbocycles. The van der Waals surface area contributed by atoms with E-state index in [1.807, 2.05) is 18.2 Å². The molecule has 0 aliphatic carbocycles. The van der Waals surface area contributed by atoms with Crippen LogP contribution in [0.4, 0.5) is 0 Å². The topological polar surface area (TPSA) is 17.3 Å². The highest BCUT2D eigenvalue weighted by molar-refractivity contribution is 6.37. The molecule has 0 bridgehead atoms. The zero-order valence-corrected chi connectivity index (χ0v) is 18.3. The van der Waals surface area contributed by atoms with Crippen LogP contribution in [0.2, 0.25) is 10.0 Å². The van der Waals surface area contributed by atoms with Crippen LogP contribution in [0.15, 0.2) is 59.4 Å². The number of aliphatic imine (C=N–C) groups is 1. The molecule has 3 rings (SSSR count). The van der Waals surface area contributed by atoms with Gasteiger partial charge in [-0.3, -0.25) is 4.99 Å². The summed E-state index contributed by atoms with van der Waals surface area (Å²) in [4.78, 5) is 4.94. The van der Waals surface area contributed by atoms with Crippen molar-refractivity contribution < 1.29 is 0 Å². The third kappa shape index (κ3) is 3.93. The van der Waals surface area contributed by atoms with Crippen molar-refractivity contribution in [1.82, 2.24) is 4.57 Å². The monoisotopic (exact) mass is 400 g/mol. The van der Waals surface area contributed by atoms with E-state index in [1.165, 1.54) is 5.69 Å². The lowest BCUT2D eigenvalue weighted by molar-refractivity contribution is 0.558. The van der Waals surface area contributed by atoms with Gasteiger partial charge in [0.15, 0.2) is 0 Å². The van der Waals surface area contributed by atoms with Gasteiger partial charge in [0, 0.05) is 34.0 Å². The van der Waals surface area contributed by atoms with Crippen LogP contribution in [0.1, 0.15) is 52.8 Å². The molecule has 0 spiro atoms. The minimum absolute atomic E-state index is 0.0306. The fourth-order valence-corrected chi connectivity index (χ4v) is 3.77. The second-order valence-corrected chi connectivity index (χ2v) is 9.74. The SMILES string of the molecule is CC(C)(C)C1=N/C(=C(/c2c(Cl)cccc2Cl)n2cccc2C(C)(C)C)C=C1. The highest BCUT2D eigenvalue weighted by atomic mass is 35.5. The largest absolute Gasteiger partial charge is 0.318 e. The third-order valence-electron chi connectivity index (χ3n) is 4.61. The van der Waals surface area contributed by atoms with Crippen LogP contribution >= 0.6 is 23.2 Å². The van der Waals surface area contributed by atoms with E-state index in [0.29, 0.717) is 10.0 Å². The van der Waals surface area contributed by atoms with E-state index in [9.17, 15) is 0 Å². The highest BCUT2D eigenvalue weighted by Crippen LogP contribution is 2.39. The van der Waals surface area contributed by atoms with Crippen molar-refractivity contribution in [1.29, 1.82) is 0 Å². The number of rotatable bonds is 2. The Morgan fingerprint density at radius 3 is 2.00 bits per heavy atom. The first-order chi connectivity index (χ1) is 12.5. The van der Waals surface area contributed by atoms with Crippen molar-refractivity contribution in [2.45, 2.75) is 47.0 Å². The fraction of sp³-hybridized carbons (Fsp3) is 0.348. The Bertz CT molecular complexity index is 941. The molecule has 2 nitrogen and oxygen atoms in total. The lowest BCUT2D eigenvalue weighted by Gasteiger charge is -2.25. The first-order valence-corrected chi connectivity index (χ1v) is 9.90. The van der Waals surface area contributed by atoms with E-state index in [0.717, 1.165) is 22.7 Å². The van der Waals surface area contributed by atoms with Crippen molar-refractivity contribution in [3.05, 3.63) is 75.7 Å². The zero-order valence-electron chi connectivity index (χ0n) is 16.8. The standard InChI is InChI=1S/C23H26Cl2N2/c1-22(2,3)18-13-12-17(26-18)21(20-15(24)9-7-10-16(20)25)27-14-8-11-19(27)23(4,5)6/h7-14H,1-6H3/b21-17-. The minimum atomic E-state index is -0.0397. The number of nitrogens with zero attached hydrogens (tertiary/aromatic N) is 2. The third-order valence-corrected chi connectivity index (χ3v) is 5.24. The molecular formula is C23H26Cl2N2. The summed E-state index contributed by atoms with van der Waals surface area (Å²) in [6.07, 6.45) is 6.20. The van der Waals surface area contributed by atoms with Crippen molar-refractivity contribution in [2.24, 2.45) is 10.4 Å². The maximum Gasteiger partial charge on any atom is 0.0881 e. The molecule has 0 fully saturated rings. The zero-order chi connectivity index (χ0) is 20.0. The quantitative estimate of drug-likeness (QED) is 0.500. The number of hydrogen-bond acceptors (Lipinski definition) is 1. The van der Waals surface area contributed by atoms with Crippen LogP contribution in [-0.2, 0) is 5.41 Å². The molecule has 0 radical (unpaired) electrons. The minimum Gasteiger partial charge on any atom is -0.318 e. The van der Waals surface area contributed by atoms with E-state index in [-0.39, 0.29) is 10.8 Å². The highest BCUT2D eigenvalue weighted by Gasteiger charge is 2.27.